The summed E-state index contributed by atoms with van der Waals surface area (Å²) in [6.45, 7) is 6.73. The van der Waals surface area contributed by atoms with Crippen LogP contribution in [0.15, 0.2) is 23.0 Å². The molecule has 0 saturated carbocycles. The second kappa shape index (κ2) is 8.54. The second-order valence-corrected chi connectivity index (χ2v) is 7.71. The van der Waals surface area contributed by atoms with E-state index >= 15 is 0 Å². The van der Waals surface area contributed by atoms with Crippen molar-refractivity contribution in [1.29, 1.82) is 0 Å². The molecule has 0 aliphatic carbocycles. The first-order valence-corrected chi connectivity index (χ1v) is 9.89. The standard InChI is InChI=1S/C21H27N3O4/c1-13(2)12-22-19(25)14(3)28-21(27)15-8-9-16-17(11-15)23-18-7-5-4-6-10-24(18)20(16)26/h8-9,11,13-14H,4-7,10,12H2,1-3H3,(H,22,25)/t14-/m0/s1. The number of benzene rings is 1. The Morgan fingerprint density at radius 2 is 2.00 bits per heavy atom. The van der Waals surface area contributed by atoms with E-state index in [1.165, 1.54) is 0 Å². The Bertz CT molecular complexity index is 949. The van der Waals surface area contributed by atoms with Gasteiger partial charge >= 0.3 is 5.97 Å². The van der Waals surface area contributed by atoms with Crippen LogP contribution in [-0.4, -0.2) is 34.1 Å². The summed E-state index contributed by atoms with van der Waals surface area (Å²) in [6, 6.07) is 4.74. The van der Waals surface area contributed by atoms with Gasteiger partial charge in [-0.15, -0.1) is 0 Å². The molecule has 1 atom stereocenters. The maximum atomic E-state index is 12.8. The van der Waals surface area contributed by atoms with Gasteiger partial charge in [-0.3, -0.25) is 14.2 Å². The van der Waals surface area contributed by atoms with Crippen LogP contribution in [0.1, 0.15) is 56.2 Å². The molecule has 28 heavy (non-hydrogen) atoms. The number of fused-ring (bicyclic) bond motifs is 2. The van der Waals surface area contributed by atoms with Gasteiger partial charge in [-0.2, -0.15) is 0 Å². The van der Waals surface area contributed by atoms with Crippen molar-refractivity contribution in [3.63, 3.8) is 0 Å². The normalized spacial score (nSPS) is 15.0. The first kappa shape index (κ1) is 20.0. The lowest BCUT2D eigenvalue weighted by Crippen LogP contribution is -2.37. The fraction of sp³-hybridized carbons (Fsp3) is 0.524. The van der Waals surface area contributed by atoms with Gasteiger partial charge in [0.1, 0.15) is 5.82 Å². The molecule has 0 bridgehead atoms. The van der Waals surface area contributed by atoms with Crippen LogP contribution < -0.4 is 10.9 Å². The first-order valence-electron chi connectivity index (χ1n) is 9.89. The van der Waals surface area contributed by atoms with Crippen molar-refractivity contribution in [2.45, 2.75) is 59.1 Å². The summed E-state index contributed by atoms with van der Waals surface area (Å²) in [5, 5.41) is 3.23. The highest BCUT2D eigenvalue weighted by Crippen LogP contribution is 2.17. The van der Waals surface area contributed by atoms with Crippen LogP contribution in [0.3, 0.4) is 0 Å². The Hall–Kier alpha value is -2.70. The lowest BCUT2D eigenvalue weighted by molar-refractivity contribution is -0.129. The predicted molar refractivity (Wildman–Crippen MR) is 106 cm³/mol. The zero-order valence-electron chi connectivity index (χ0n) is 16.7. The maximum absolute atomic E-state index is 12.8. The van der Waals surface area contributed by atoms with Crippen LogP contribution in [0.2, 0.25) is 0 Å². The zero-order chi connectivity index (χ0) is 20.3. The fourth-order valence-electron chi connectivity index (χ4n) is 3.28. The molecule has 7 nitrogen and oxygen atoms in total. The number of hydrogen-bond donors (Lipinski definition) is 1. The summed E-state index contributed by atoms with van der Waals surface area (Å²) in [5.74, 6) is 0.144. The molecule has 7 heteroatoms. The number of aryl methyl sites for hydroxylation is 1. The largest absolute Gasteiger partial charge is 0.449 e. The van der Waals surface area contributed by atoms with E-state index in [2.05, 4.69) is 10.3 Å². The summed E-state index contributed by atoms with van der Waals surface area (Å²) < 4.78 is 7.02. The minimum atomic E-state index is -0.896. The summed E-state index contributed by atoms with van der Waals surface area (Å²) in [4.78, 5) is 41.8. The molecule has 150 valence electrons. The highest BCUT2D eigenvalue weighted by atomic mass is 16.5. The number of rotatable bonds is 5. The van der Waals surface area contributed by atoms with E-state index in [0.717, 1.165) is 31.5 Å². The van der Waals surface area contributed by atoms with Crippen molar-refractivity contribution >= 4 is 22.8 Å². The molecule has 0 fully saturated rings. The van der Waals surface area contributed by atoms with Crippen molar-refractivity contribution in [2.75, 3.05) is 6.54 Å². The third-order valence-electron chi connectivity index (χ3n) is 4.89. The molecule has 1 aliphatic heterocycles. The molecule has 1 aliphatic rings. The third kappa shape index (κ3) is 4.40. The molecule has 0 radical (unpaired) electrons. The Balaban J connectivity index is 1.81. The molecular formula is C21H27N3O4. The number of nitrogens with zero attached hydrogens (tertiary/aromatic N) is 2. The molecule has 1 amide bonds. The monoisotopic (exact) mass is 385 g/mol. The van der Waals surface area contributed by atoms with Crippen LogP contribution >= 0.6 is 0 Å². The maximum Gasteiger partial charge on any atom is 0.338 e. The van der Waals surface area contributed by atoms with Crippen LogP contribution in [0.5, 0.6) is 0 Å². The minimum Gasteiger partial charge on any atom is -0.449 e. The van der Waals surface area contributed by atoms with E-state index in [0.29, 0.717) is 29.9 Å². The van der Waals surface area contributed by atoms with Gasteiger partial charge in [-0.05, 0) is 43.9 Å². The van der Waals surface area contributed by atoms with Gasteiger partial charge in [0.05, 0.1) is 16.5 Å². The van der Waals surface area contributed by atoms with E-state index in [1.54, 1.807) is 29.7 Å². The van der Waals surface area contributed by atoms with Gasteiger partial charge in [-0.25, -0.2) is 9.78 Å². The van der Waals surface area contributed by atoms with Gasteiger partial charge in [-0.1, -0.05) is 20.3 Å². The summed E-state index contributed by atoms with van der Waals surface area (Å²) in [6.07, 6.45) is 2.91. The number of amides is 1. The second-order valence-electron chi connectivity index (χ2n) is 7.71. The summed E-state index contributed by atoms with van der Waals surface area (Å²) >= 11 is 0. The number of aromatic nitrogens is 2. The number of carbonyl (C=O) groups is 2. The van der Waals surface area contributed by atoms with Gasteiger partial charge in [0.2, 0.25) is 0 Å². The van der Waals surface area contributed by atoms with E-state index in [9.17, 15) is 14.4 Å². The first-order chi connectivity index (χ1) is 13.4. The number of nitrogens with one attached hydrogen (secondary N) is 1. The van der Waals surface area contributed by atoms with E-state index in [4.69, 9.17) is 4.74 Å². The van der Waals surface area contributed by atoms with Crippen molar-refractivity contribution in [2.24, 2.45) is 5.92 Å². The average Bonchev–Trinajstić information content (AvgIpc) is 2.91. The van der Waals surface area contributed by atoms with E-state index in [1.807, 2.05) is 13.8 Å². The Morgan fingerprint density at radius 3 is 2.75 bits per heavy atom. The lowest BCUT2D eigenvalue weighted by Gasteiger charge is -2.15. The number of carbonyl (C=O) groups excluding carboxylic acids is 2. The highest BCUT2D eigenvalue weighted by Gasteiger charge is 2.20. The number of esters is 1. The third-order valence-corrected chi connectivity index (χ3v) is 4.89. The molecule has 3 rings (SSSR count). The summed E-state index contributed by atoms with van der Waals surface area (Å²) in [5.41, 5.74) is 0.703. The summed E-state index contributed by atoms with van der Waals surface area (Å²) in [7, 11) is 0. The molecule has 2 heterocycles. The fourth-order valence-corrected chi connectivity index (χ4v) is 3.28. The van der Waals surface area contributed by atoms with Gasteiger partial charge in [0.25, 0.3) is 11.5 Å². The Morgan fingerprint density at radius 1 is 1.21 bits per heavy atom. The SMILES string of the molecule is CC(C)CNC(=O)[C@H](C)OC(=O)c1ccc2c(=O)n3c(nc2c1)CCCCC3. The van der Waals surface area contributed by atoms with E-state index in [-0.39, 0.29) is 17.0 Å². The minimum absolute atomic E-state index is 0.0664. The predicted octanol–water partition coefficient (Wildman–Crippen LogP) is 2.44. The molecule has 0 unspecified atom stereocenters. The van der Waals surface area contributed by atoms with Crippen molar-refractivity contribution in [3.05, 3.63) is 39.9 Å². The van der Waals surface area contributed by atoms with Crippen LogP contribution in [0.4, 0.5) is 0 Å². The average molecular weight is 385 g/mol. The highest BCUT2D eigenvalue weighted by molar-refractivity contribution is 5.95. The quantitative estimate of drug-likeness (QED) is 0.799. The van der Waals surface area contributed by atoms with Crippen molar-refractivity contribution in [3.8, 4) is 0 Å². The number of hydrogen-bond acceptors (Lipinski definition) is 5. The van der Waals surface area contributed by atoms with Crippen LogP contribution in [0.25, 0.3) is 10.9 Å². The lowest BCUT2D eigenvalue weighted by atomic mass is 10.1. The van der Waals surface area contributed by atoms with E-state index < -0.39 is 12.1 Å². The Kier molecular flexibility index (Phi) is 6.11. The molecule has 2 aromatic rings. The molecule has 1 N–H and O–H groups in total. The van der Waals surface area contributed by atoms with Gasteiger partial charge in [0, 0.05) is 19.5 Å². The molecule has 0 spiro atoms. The number of ether oxygens (including phenoxy) is 1. The van der Waals surface area contributed by atoms with Crippen molar-refractivity contribution in [1.82, 2.24) is 14.9 Å². The molecule has 0 saturated heterocycles. The van der Waals surface area contributed by atoms with Gasteiger partial charge in [0.15, 0.2) is 6.10 Å². The van der Waals surface area contributed by atoms with Gasteiger partial charge < -0.3 is 10.1 Å². The molecule has 1 aromatic carbocycles. The zero-order valence-corrected chi connectivity index (χ0v) is 16.7. The molecule has 1 aromatic heterocycles. The molecular weight excluding hydrogens is 358 g/mol. The van der Waals surface area contributed by atoms with Crippen LogP contribution in [0, 0.1) is 5.92 Å². The Labute approximate surface area is 164 Å². The smallest absolute Gasteiger partial charge is 0.338 e. The van der Waals surface area contributed by atoms with Crippen LogP contribution in [-0.2, 0) is 22.5 Å². The van der Waals surface area contributed by atoms with Crippen molar-refractivity contribution < 1.29 is 14.3 Å². The topological polar surface area (TPSA) is 90.3 Å².